The van der Waals surface area contributed by atoms with E-state index >= 15 is 0 Å². The summed E-state index contributed by atoms with van der Waals surface area (Å²) in [7, 11) is 0. The predicted molar refractivity (Wildman–Crippen MR) is 72.9 cm³/mol. The van der Waals surface area contributed by atoms with Crippen LogP contribution in [0, 0.1) is 11.6 Å². The first kappa shape index (κ1) is 14.4. The van der Waals surface area contributed by atoms with Gasteiger partial charge in [-0.25, -0.2) is 8.78 Å². The second-order valence-electron chi connectivity index (χ2n) is 4.59. The van der Waals surface area contributed by atoms with E-state index in [0.29, 0.717) is 0 Å². The Bertz CT molecular complexity index is 451. The minimum atomic E-state index is -0.783. The molecule has 1 atom stereocenters. The van der Waals surface area contributed by atoms with Crippen molar-refractivity contribution in [3.8, 4) is 0 Å². The number of hydrogen-bond acceptors (Lipinski definition) is 2. The summed E-state index contributed by atoms with van der Waals surface area (Å²) in [5, 5.41) is 5.64. The highest BCUT2D eigenvalue weighted by atomic mass is 79.9. The maximum atomic E-state index is 13.6. The zero-order valence-corrected chi connectivity index (χ0v) is 11.9. The van der Waals surface area contributed by atoms with Gasteiger partial charge < -0.3 is 10.6 Å². The number of carbonyl (C=O) groups is 1. The molecule has 1 unspecified atom stereocenters. The standard InChI is InChI=1S/C13H15BrF2N2O/c14-9-6-8(15)7-10(16)12(9)18-13(19)11-4-2-1-3-5-17-11/h6-7,11,17H,1-5H2,(H,18,19). The van der Waals surface area contributed by atoms with Crippen molar-refractivity contribution in [2.24, 2.45) is 0 Å². The second kappa shape index (κ2) is 6.43. The molecule has 104 valence electrons. The van der Waals surface area contributed by atoms with E-state index in [9.17, 15) is 13.6 Å². The van der Waals surface area contributed by atoms with E-state index in [1.54, 1.807) is 0 Å². The van der Waals surface area contributed by atoms with Gasteiger partial charge in [0.05, 0.1) is 11.7 Å². The van der Waals surface area contributed by atoms with Crippen molar-refractivity contribution in [1.29, 1.82) is 0 Å². The molecule has 0 spiro atoms. The van der Waals surface area contributed by atoms with E-state index in [-0.39, 0.29) is 22.1 Å². The van der Waals surface area contributed by atoms with Crippen molar-refractivity contribution in [2.75, 3.05) is 11.9 Å². The summed E-state index contributed by atoms with van der Waals surface area (Å²) in [6.07, 6.45) is 3.83. The molecule has 19 heavy (non-hydrogen) atoms. The van der Waals surface area contributed by atoms with Crippen molar-refractivity contribution in [3.63, 3.8) is 0 Å². The fourth-order valence-corrected chi connectivity index (χ4v) is 2.63. The Morgan fingerprint density at radius 1 is 1.32 bits per heavy atom. The van der Waals surface area contributed by atoms with E-state index < -0.39 is 11.6 Å². The lowest BCUT2D eigenvalue weighted by Gasteiger charge is -2.16. The minimum absolute atomic E-state index is 0.0163. The third-order valence-corrected chi connectivity index (χ3v) is 3.76. The normalized spacial score (nSPS) is 19.8. The summed E-state index contributed by atoms with van der Waals surface area (Å²) in [5.74, 6) is -1.75. The molecule has 1 aromatic rings. The molecule has 1 aliphatic heterocycles. The quantitative estimate of drug-likeness (QED) is 0.873. The van der Waals surface area contributed by atoms with Crippen LogP contribution in [0.25, 0.3) is 0 Å². The van der Waals surface area contributed by atoms with Crippen LogP contribution in [0.5, 0.6) is 0 Å². The number of halogens is 3. The first-order valence-electron chi connectivity index (χ1n) is 6.26. The van der Waals surface area contributed by atoms with Crippen molar-refractivity contribution < 1.29 is 13.6 Å². The lowest BCUT2D eigenvalue weighted by atomic mass is 10.1. The van der Waals surface area contributed by atoms with Gasteiger partial charge in [-0.05, 0) is 41.4 Å². The molecule has 0 aromatic heterocycles. The summed E-state index contributed by atoms with van der Waals surface area (Å²) in [6, 6.07) is 1.55. The zero-order valence-electron chi connectivity index (χ0n) is 10.3. The van der Waals surface area contributed by atoms with Crippen molar-refractivity contribution >= 4 is 27.5 Å². The lowest BCUT2D eigenvalue weighted by Crippen LogP contribution is -2.40. The summed E-state index contributed by atoms with van der Waals surface area (Å²) in [4.78, 5) is 12.1. The van der Waals surface area contributed by atoms with E-state index in [4.69, 9.17) is 0 Å². The third-order valence-electron chi connectivity index (χ3n) is 3.13. The molecule has 2 rings (SSSR count). The molecule has 1 amide bonds. The molecule has 1 aromatic carbocycles. The van der Waals surface area contributed by atoms with Gasteiger partial charge in [0, 0.05) is 10.5 Å². The number of anilines is 1. The Kier molecular flexibility index (Phi) is 4.87. The average Bonchev–Trinajstić information content (AvgIpc) is 2.62. The first-order chi connectivity index (χ1) is 9.08. The first-order valence-corrected chi connectivity index (χ1v) is 7.06. The van der Waals surface area contributed by atoms with Crippen LogP contribution in [-0.4, -0.2) is 18.5 Å². The Morgan fingerprint density at radius 2 is 2.11 bits per heavy atom. The SMILES string of the molecule is O=C(Nc1c(F)cc(F)cc1Br)C1CCCCCN1. The monoisotopic (exact) mass is 332 g/mol. The number of nitrogens with one attached hydrogen (secondary N) is 2. The van der Waals surface area contributed by atoms with Crippen molar-refractivity contribution in [1.82, 2.24) is 5.32 Å². The fraction of sp³-hybridized carbons (Fsp3) is 0.462. The number of benzene rings is 1. The van der Waals surface area contributed by atoms with Gasteiger partial charge in [-0.15, -0.1) is 0 Å². The maximum absolute atomic E-state index is 13.6. The molecule has 0 radical (unpaired) electrons. The third kappa shape index (κ3) is 3.73. The largest absolute Gasteiger partial charge is 0.321 e. The molecule has 6 heteroatoms. The Labute approximate surface area is 118 Å². The predicted octanol–water partition coefficient (Wildman–Crippen LogP) is 3.20. The summed E-state index contributed by atoms with van der Waals surface area (Å²) in [5.41, 5.74) is -0.0163. The summed E-state index contributed by atoms with van der Waals surface area (Å²) >= 11 is 3.05. The fourth-order valence-electron chi connectivity index (χ4n) is 2.12. The van der Waals surface area contributed by atoms with Gasteiger partial charge >= 0.3 is 0 Å². The van der Waals surface area contributed by atoms with Gasteiger partial charge in [-0.2, -0.15) is 0 Å². The maximum Gasteiger partial charge on any atom is 0.241 e. The zero-order chi connectivity index (χ0) is 13.8. The van der Waals surface area contributed by atoms with Crippen molar-refractivity contribution in [2.45, 2.75) is 31.7 Å². The Balaban J connectivity index is 2.10. The molecular weight excluding hydrogens is 318 g/mol. The molecule has 2 N–H and O–H groups in total. The minimum Gasteiger partial charge on any atom is -0.321 e. The topological polar surface area (TPSA) is 41.1 Å². The van der Waals surface area contributed by atoms with Gasteiger partial charge in [-0.3, -0.25) is 4.79 Å². The van der Waals surface area contributed by atoms with Crippen molar-refractivity contribution in [3.05, 3.63) is 28.2 Å². The second-order valence-corrected chi connectivity index (χ2v) is 5.44. The van der Waals surface area contributed by atoms with Crippen LogP contribution in [0.4, 0.5) is 14.5 Å². The van der Waals surface area contributed by atoms with Gasteiger partial charge in [0.2, 0.25) is 5.91 Å². The molecule has 1 aliphatic rings. The van der Waals surface area contributed by atoms with Crippen LogP contribution < -0.4 is 10.6 Å². The van der Waals surface area contributed by atoms with Gasteiger partial charge in [0.15, 0.2) is 5.82 Å². The Hall–Kier alpha value is -1.01. The molecule has 0 bridgehead atoms. The molecule has 0 aliphatic carbocycles. The van der Waals surface area contributed by atoms with Crippen LogP contribution >= 0.6 is 15.9 Å². The number of hydrogen-bond donors (Lipinski definition) is 2. The van der Waals surface area contributed by atoms with Crippen LogP contribution in [0.1, 0.15) is 25.7 Å². The van der Waals surface area contributed by atoms with Gasteiger partial charge in [-0.1, -0.05) is 12.8 Å². The molecule has 3 nitrogen and oxygen atoms in total. The highest BCUT2D eigenvalue weighted by molar-refractivity contribution is 9.10. The average molecular weight is 333 g/mol. The highest BCUT2D eigenvalue weighted by Gasteiger charge is 2.21. The number of carbonyl (C=O) groups excluding carboxylic acids is 1. The molecule has 1 fully saturated rings. The smallest absolute Gasteiger partial charge is 0.241 e. The Morgan fingerprint density at radius 3 is 2.84 bits per heavy atom. The van der Waals surface area contributed by atoms with Crippen LogP contribution in [0.15, 0.2) is 16.6 Å². The van der Waals surface area contributed by atoms with Crippen LogP contribution in [-0.2, 0) is 4.79 Å². The lowest BCUT2D eigenvalue weighted by molar-refractivity contribution is -0.118. The van der Waals surface area contributed by atoms with Crippen LogP contribution in [0.3, 0.4) is 0 Å². The van der Waals surface area contributed by atoms with Gasteiger partial charge in [0.25, 0.3) is 0 Å². The van der Waals surface area contributed by atoms with E-state index in [1.165, 1.54) is 0 Å². The van der Waals surface area contributed by atoms with E-state index in [2.05, 4.69) is 26.6 Å². The van der Waals surface area contributed by atoms with E-state index in [0.717, 1.165) is 44.4 Å². The number of amides is 1. The molecule has 1 saturated heterocycles. The summed E-state index contributed by atoms with van der Waals surface area (Å²) < 4.78 is 26.8. The number of rotatable bonds is 2. The van der Waals surface area contributed by atoms with E-state index in [1.807, 2.05) is 0 Å². The molecular formula is C13H15BrF2N2O. The molecule has 0 saturated carbocycles. The summed E-state index contributed by atoms with van der Waals surface area (Å²) in [6.45, 7) is 0.783. The van der Waals surface area contributed by atoms with Crippen LogP contribution in [0.2, 0.25) is 0 Å². The molecule has 1 heterocycles. The van der Waals surface area contributed by atoms with Gasteiger partial charge in [0.1, 0.15) is 5.82 Å². The highest BCUT2D eigenvalue weighted by Crippen LogP contribution is 2.27.